The summed E-state index contributed by atoms with van der Waals surface area (Å²) in [4.78, 5) is 21.1. The third-order valence-electron chi connectivity index (χ3n) is 3.37. The minimum absolute atomic E-state index is 0.0246. The van der Waals surface area contributed by atoms with Gasteiger partial charge in [0.05, 0.1) is 6.07 Å². The van der Waals surface area contributed by atoms with Gasteiger partial charge >= 0.3 is 0 Å². The number of piperidine rings is 1. The van der Waals surface area contributed by atoms with Gasteiger partial charge in [0.25, 0.3) is 0 Å². The number of likely N-dealkylation sites (tertiary alicyclic amines) is 1. The average Bonchev–Trinajstić information content (AvgIpc) is 2.27. The molecule has 2 rings (SSSR count). The van der Waals surface area contributed by atoms with E-state index in [-0.39, 0.29) is 29.6 Å². The highest BCUT2D eigenvalue weighted by Gasteiger charge is 2.29. The van der Waals surface area contributed by atoms with E-state index in [1.807, 2.05) is 6.92 Å². The lowest BCUT2D eigenvalue weighted by molar-refractivity contribution is -0.132. The fourth-order valence-electron chi connectivity index (χ4n) is 2.38. The number of aromatic nitrogens is 2. The van der Waals surface area contributed by atoms with Crippen molar-refractivity contribution < 1.29 is 15.0 Å². The Morgan fingerprint density at radius 2 is 1.94 bits per heavy atom. The minimum atomic E-state index is -0.245. The number of amides is 1. The first-order chi connectivity index (χ1) is 8.47. The van der Waals surface area contributed by atoms with Crippen LogP contribution in [0.25, 0.3) is 0 Å². The second-order valence-corrected chi connectivity index (χ2v) is 4.74. The van der Waals surface area contributed by atoms with Crippen LogP contribution in [0.2, 0.25) is 0 Å². The van der Waals surface area contributed by atoms with Crippen LogP contribution in [-0.4, -0.2) is 43.6 Å². The second-order valence-electron chi connectivity index (χ2n) is 4.74. The van der Waals surface area contributed by atoms with Gasteiger partial charge in [-0.2, -0.15) is 9.97 Å². The third-order valence-corrected chi connectivity index (χ3v) is 3.37. The topological polar surface area (TPSA) is 86.6 Å². The van der Waals surface area contributed by atoms with Crippen molar-refractivity contribution in [2.75, 3.05) is 6.54 Å². The molecule has 2 N–H and O–H groups in total. The molecule has 1 aromatic rings. The molecule has 1 fully saturated rings. The van der Waals surface area contributed by atoms with Gasteiger partial charge in [0.15, 0.2) is 0 Å². The summed E-state index contributed by atoms with van der Waals surface area (Å²) in [6.45, 7) is 4.08. The monoisotopic (exact) mass is 251 g/mol. The van der Waals surface area contributed by atoms with Crippen LogP contribution in [0.1, 0.15) is 38.4 Å². The Bertz CT molecular complexity index is 444. The van der Waals surface area contributed by atoms with Crippen LogP contribution in [0, 0.1) is 0 Å². The standard InChI is InChI=1S/C12H17N3O3/c1-7-3-4-9(6-15(7)8(2)16)12-13-10(17)5-11(18)14-12/h5,7,9H,3-4,6H2,1-2H3,(H2,13,14,17,18). The molecular formula is C12H17N3O3. The van der Waals surface area contributed by atoms with Crippen LogP contribution in [0.3, 0.4) is 0 Å². The van der Waals surface area contributed by atoms with Crippen molar-refractivity contribution in [3.05, 3.63) is 11.9 Å². The molecule has 6 nitrogen and oxygen atoms in total. The number of rotatable bonds is 1. The Hall–Kier alpha value is -1.85. The number of hydrogen-bond donors (Lipinski definition) is 2. The number of hydrogen-bond acceptors (Lipinski definition) is 5. The van der Waals surface area contributed by atoms with Crippen molar-refractivity contribution in [1.29, 1.82) is 0 Å². The molecule has 1 aliphatic heterocycles. The van der Waals surface area contributed by atoms with Gasteiger partial charge in [-0.3, -0.25) is 4.79 Å². The van der Waals surface area contributed by atoms with E-state index in [0.29, 0.717) is 12.4 Å². The molecule has 0 radical (unpaired) electrons. The maximum Gasteiger partial charge on any atom is 0.219 e. The van der Waals surface area contributed by atoms with Gasteiger partial charge in [0.1, 0.15) is 5.82 Å². The zero-order chi connectivity index (χ0) is 13.3. The zero-order valence-electron chi connectivity index (χ0n) is 10.5. The number of nitrogens with zero attached hydrogens (tertiary/aromatic N) is 3. The van der Waals surface area contributed by atoms with Gasteiger partial charge < -0.3 is 15.1 Å². The summed E-state index contributed by atoms with van der Waals surface area (Å²) in [7, 11) is 0. The Kier molecular flexibility index (Phi) is 3.36. The van der Waals surface area contributed by atoms with E-state index < -0.39 is 0 Å². The molecule has 1 saturated heterocycles. The smallest absolute Gasteiger partial charge is 0.219 e. The summed E-state index contributed by atoms with van der Waals surface area (Å²) in [5.74, 6) is -0.110. The molecule has 2 atom stereocenters. The Morgan fingerprint density at radius 1 is 1.33 bits per heavy atom. The predicted molar refractivity (Wildman–Crippen MR) is 64.2 cm³/mol. The van der Waals surface area contributed by atoms with Gasteiger partial charge in [-0.1, -0.05) is 0 Å². The molecule has 2 unspecified atom stereocenters. The normalized spacial score (nSPS) is 24.0. The molecule has 1 amide bonds. The maximum atomic E-state index is 11.5. The number of carbonyl (C=O) groups is 1. The summed E-state index contributed by atoms with van der Waals surface area (Å²) >= 11 is 0. The fraction of sp³-hybridized carbons (Fsp3) is 0.583. The summed E-state index contributed by atoms with van der Waals surface area (Å²) < 4.78 is 0. The van der Waals surface area contributed by atoms with E-state index in [4.69, 9.17) is 0 Å². The molecular weight excluding hydrogens is 234 g/mol. The molecule has 0 aromatic carbocycles. The quantitative estimate of drug-likeness (QED) is 0.777. The fourth-order valence-corrected chi connectivity index (χ4v) is 2.38. The number of aromatic hydroxyl groups is 2. The zero-order valence-corrected chi connectivity index (χ0v) is 10.5. The van der Waals surface area contributed by atoms with E-state index in [0.717, 1.165) is 18.9 Å². The van der Waals surface area contributed by atoms with Gasteiger partial charge in [-0.15, -0.1) is 0 Å². The van der Waals surface area contributed by atoms with Crippen LogP contribution in [-0.2, 0) is 4.79 Å². The van der Waals surface area contributed by atoms with Crippen molar-refractivity contribution in [3.63, 3.8) is 0 Å². The molecule has 98 valence electrons. The first kappa shape index (κ1) is 12.6. The highest BCUT2D eigenvalue weighted by atomic mass is 16.3. The highest BCUT2D eigenvalue weighted by Crippen LogP contribution is 2.29. The van der Waals surface area contributed by atoms with Crippen LogP contribution < -0.4 is 0 Å². The summed E-state index contributed by atoms with van der Waals surface area (Å²) in [5, 5.41) is 18.7. The molecule has 0 aliphatic carbocycles. The van der Waals surface area contributed by atoms with Crippen molar-refractivity contribution >= 4 is 5.91 Å². The number of carbonyl (C=O) groups excluding carboxylic acids is 1. The van der Waals surface area contributed by atoms with E-state index in [1.54, 1.807) is 11.8 Å². The van der Waals surface area contributed by atoms with Gasteiger partial charge in [0, 0.05) is 25.4 Å². The largest absolute Gasteiger partial charge is 0.493 e. The van der Waals surface area contributed by atoms with Gasteiger partial charge in [0.2, 0.25) is 17.7 Å². The van der Waals surface area contributed by atoms with Crippen LogP contribution in [0.4, 0.5) is 0 Å². The molecule has 6 heteroatoms. The lowest BCUT2D eigenvalue weighted by Crippen LogP contribution is -2.44. The van der Waals surface area contributed by atoms with Crippen molar-refractivity contribution in [1.82, 2.24) is 14.9 Å². The van der Waals surface area contributed by atoms with E-state index in [9.17, 15) is 15.0 Å². The first-order valence-electron chi connectivity index (χ1n) is 6.01. The molecule has 0 saturated carbocycles. The molecule has 1 aliphatic rings. The summed E-state index contributed by atoms with van der Waals surface area (Å²) in [6.07, 6.45) is 1.71. The van der Waals surface area contributed by atoms with Crippen molar-refractivity contribution in [2.45, 2.75) is 38.6 Å². The first-order valence-corrected chi connectivity index (χ1v) is 6.01. The van der Waals surface area contributed by atoms with Crippen LogP contribution in [0.5, 0.6) is 11.8 Å². The average molecular weight is 251 g/mol. The molecule has 2 heterocycles. The van der Waals surface area contributed by atoms with Crippen LogP contribution >= 0.6 is 0 Å². The van der Waals surface area contributed by atoms with Crippen molar-refractivity contribution in [3.8, 4) is 11.8 Å². The van der Waals surface area contributed by atoms with E-state index >= 15 is 0 Å². The summed E-state index contributed by atoms with van der Waals surface area (Å²) in [5.41, 5.74) is 0. The summed E-state index contributed by atoms with van der Waals surface area (Å²) in [6, 6.07) is 1.31. The van der Waals surface area contributed by atoms with Gasteiger partial charge in [-0.25, -0.2) is 0 Å². The minimum Gasteiger partial charge on any atom is -0.493 e. The molecule has 18 heavy (non-hydrogen) atoms. The molecule has 0 spiro atoms. The Labute approximate surface area is 105 Å². The van der Waals surface area contributed by atoms with E-state index in [1.165, 1.54) is 0 Å². The maximum absolute atomic E-state index is 11.5. The second kappa shape index (κ2) is 4.80. The Morgan fingerprint density at radius 3 is 2.50 bits per heavy atom. The predicted octanol–water partition coefficient (Wildman–Crippen LogP) is 1.00. The lowest BCUT2D eigenvalue weighted by atomic mass is 9.92. The molecule has 0 bridgehead atoms. The lowest BCUT2D eigenvalue weighted by Gasteiger charge is -2.36. The van der Waals surface area contributed by atoms with Crippen LogP contribution in [0.15, 0.2) is 6.07 Å². The third kappa shape index (κ3) is 2.52. The van der Waals surface area contributed by atoms with E-state index in [2.05, 4.69) is 9.97 Å². The van der Waals surface area contributed by atoms with Gasteiger partial charge in [-0.05, 0) is 19.8 Å². The Balaban J connectivity index is 2.21. The SMILES string of the molecule is CC(=O)N1CC(c2nc(O)cc(O)n2)CCC1C. The molecule has 1 aromatic heterocycles. The highest BCUT2D eigenvalue weighted by molar-refractivity contribution is 5.73. The van der Waals surface area contributed by atoms with Crippen molar-refractivity contribution in [2.24, 2.45) is 0 Å².